The smallest absolute Gasteiger partial charge is 0.274 e. The number of halogens is 4. The number of sulfonamides is 1. The Morgan fingerprint density at radius 2 is 2.05 bits per heavy atom. The third-order valence-electron chi connectivity index (χ3n) is 2.85. The molecule has 5 nitrogen and oxygen atoms in total. The summed E-state index contributed by atoms with van der Waals surface area (Å²) in [7, 11) is -4.40. The zero-order valence-corrected chi connectivity index (χ0v) is 12.0. The first kappa shape index (κ1) is 16.0. The molecule has 116 valence electrons. The molecular formula is C11H10ClF3N2O3S. The monoisotopic (exact) mass is 342 g/mol. The Balaban J connectivity index is 2.25. The van der Waals surface area contributed by atoms with E-state index in [1.165, 1.54) is 0 Å². The zero-order chi connectivity index (χ0) is 15.8. The molecule has 0 bridgehead atoms. The molecule has 1 fully saturated rings. The first-order valence-corrected chi connectivity index (χ1v) is 7.74. The van der Waals surface area contributed by atoms with Gasteiger partial charge in [0.15, 0.2) is 0 Å². The minimum atomic E-state index is -4.84. The van der Waals surface area contributed by atoms with Crippen molar-refractivity contribution in [3.05, 3.63) is 23.0 Å². The predicted molar refractivity (Wildman–Crippen MR) is 66.9 cm³/mol. The molecule has 0 saturated heterocycles. The summed E-state index contributed by atoms with van der Waals surface area (Å²) in [5, 5.41) is -0.856. The van der Waals surface area contributed by atoms with Gasteiger partial charge in [-0.3, -0.25) is 4.79 Å². The molecule has 1 saturated carbocycles. The van der Waals surface area contributed by atoms with Gasteiger partial charge in [0.05, 0.1) is 5.56 Å². The van der Waals surface area contributed by atoms with Crippen LogP contribution in [0.15, 0.2) is 17.2 Å². The Morgan fingerprint density at radius 3 is 2.57 bits per heavy atom. The number of hydrogen-bond acceptors (Lipinski definition) is 4. The molecule has 2 rings (SSSR count). The molecule has 21 heavy (non-hydrogen) atoms. The molecule has 0 radical (unpaired) electrons. The van der Waals surface area contributed by atoms with Crippen LogP contribution in [0.25, 0.3) is 0 Å². The van der Waals surface area contributed by atoms with Gasteiger partial charge in [-0.1, -0.05) is 11.6 Å². The Labute approximate surface area is 123 Å². The molecule has 0 unspecified atom stereocenters. The highest BCUT2D eigenvalue weighted by Gasteiger charge is 2.36. The van der Waals surface area contributed by atoms with Crippen LogP contribution in [0, 0.1) is 5.92 Å². The fraction of sp³-hybridized carbons (Fsp3) is 0.455. The van der Waals surface area contributed by atoms with Gasteiger partial charge in [0.1, 0.15) is 10.0 Å². The Bertz CT molecular complexity index is 672. The minimum absolute atomic E-state index is 0.0341. The van der Waals surface area contributed by atoms with Gasteiger partial charge in [0.25, 0.3) is 10.0 Å². The maximum atomic E-state index is 12.7. The van der Waals surface area contributed by atoms with Crippen LogP contribution in [-0.4, -0.2) is 19.3 Å². The average Bonchev–Trinajstić information content (AvgIpc) is 3.10. The van der Waals surface area contributed by atoms with E-state index in [2.05, 4.69) is 4.98 Å². The lowest BCUT2D eigenvalue weighted by atomic mass is 10.3. The number of nitrogens with zero attached hydrogens (tertiary/aromatic N) is 1. The summed E-state index contributed by atoms with van der Waals surface area (Å²) >= 11 is 5.30. The van der Waals surface area contributed by atoms with Crippen LogP contribution < -0.4 is 4.72 Å². The maximum Gasteiger partial charge on any atom is 0.419 e. The Kier molecular flexibility index (Phi) is 4.16. The van der Waals surface area contributed by atoms with E-state index in [1.54, 1.807) is 4.72 Å². The molecule has 1 aliphatic rings. The van der Waals surface area contributed by atoms with Crippen molar-refractivity contribution in [2.45, 2.75) is 30.3 Å². The van der Waals surface area contributed by atoms with E-state index >= 15 is 0 Å². The van der Waals surface area contributed by atoms with Crippen molar-refractivity contribution in [2.75, 3.05) is 0 Å². The fourth-order valence-corrected chi connectivity index (χ4v) is 2.79. The minimum Gasteiger partial charge on any atom is -0.274 e. The van der Waals surface area contributed by atoms with E-state index in [0.717, 1.165) is 12.8 Å². The molecule has 0 aromatic carbocycles. The lowest BCUT2D eigenvalue weighted by molar-refractivity contribution is -0.137. The van der Waals surface area contributed by atoms with E-state index < -0.39 is 37.7 Å². The number of alkyl halides is 3. The van der Waals surface area contributed by atoms with Crippen molar-refractivity contribution in [3.8, 4) is 0 Å². The summed E-state index contributed by atoms with van der Waals surface area (Å²) in [5.74, 6) is -0.602. The van der Waals surface area contributed by atoms with Crippen molar-refractivity contribution < 1.29 is 26.4 Å². The van der Waals surface area contributed by atoms with Crippen LogP contribution >= 0.6 is 11.6 Å². The second-order valence-corrected chi connectivity index (χ2v) is 6.72. The van der Waals surface area contributed by atoms with Crippen molar-refractivity contribution in [1.29, 1.82) is 0 Å². The van der Waals surface area contributed by atoms with Crippen LogP contribution in [-0.2, 0) is 21.0 Å². The van der Waals surface area contributed by atoms with Crippen LogP contribution in [0.2, 0.25) is 5.15 Å². The number of carbonyl (C=O) groups is 1. The highest BCUT2D eigenvalue weighted by Crippen LogP contribution is 2.35. The molecular weight excluding hydrogens is 333 g/mol. The highest BCUT2D eigenvalue weighted by atomic mass is 35.5. The van der Waals surface area contributed by atoms with Gasteiger partial charge in [-0.2, -0.15) is 13.2 Å². The van der Waals surface area contributed by atoms with E-state index in [9.17, 15) is 26.4 Å². The summed E-state index contributed by atoms with van der Waals surface area (Å²) in [5.41, 5.74) is -1.37. The van der Waals surface area contributed by atoms with Crippen molar-refractivity contribution in [1.82, 2.24) is 9.71 Å². The van der Waals surface area contributed by atoms with Gasteiger partial charge >= 0.3 is 6.18 Å². The molecule has 1 N–H and O–H groups in total. The molecule has 1 aromatic rings. The number of amides is 1. The number of aromatic nitrogens is 1. The normalized spacial score (nSPS) is 15.8. The lowest BCUT2D eigenvalue weighted by Gasteiger charge is -2.11. The van der Waals surface area contributed by atoms with E-state index in [4.69, 9.17) is 11.6 Å². The third-order valence-corrected chi connectivity index (χ3v) is 4.49. The molecule has 0 aliphatic heterocycles. The molecule has 10 heteroatoms. The summed E-state index contributed by atoms with van der Waals surface area (Å²) in [6.07, 6.45) is -2.45. The number of pyridine rings is 1. The first-order chi connectivity index (χ1) is 9.59. The van der Waals surface area contributed by atoms with Gasteiger partial charge in [-0.25, -0.2) is 18.1 Å². The second-order valence-electron chi connectivity index (χ2n) is 4.68. The van der Waals surface area contributed by atoms with Gasteiger partial charge < -0.3 is 0 Å². The number of hydrogen-bond donors (Lipinski definition) is 1. The standard InChI is InChI=1S/C11H10ClF3N2O3S/c12-10-8(11(13,14)15)4-7(5-16-10)21(19,20)17-9(18)3-6-1-2-6/h4-6H,1-3H2,(H,17,18). The summed E-state index contributed by atoms with van der Waals surface area (Å²) in [4.78, 5) is 13.9. The van der Waals surface area contributed by atoms with Gasteiger partial charge in [0, 0.05) is 12.6 Å². The van der Waals surface area contributed by atoms with Gasteiger partial charge in [-0.15, -0.1) is 0 Å². The molecule has 0 atom stereocenters. The van der Waals surface area contributed by atoms with E-state index in [0.29, 0.717) is 12.3 Å². The van der Waals surface area contributed by atoms with E-state index in [-0.39, 0.29) is 12.3 Å². The third kappa shape index (κ3) is 4.07. The Hall–Kier alpha value is -1.35. The van der Waals surface area contributed by atoms with Crippen molar-refractivity contribution in [3.63, 3.8) is 0 Å². The maximum absolute atomic E-state index is 12.7. The molecule has 1 heterocycles. The first-order valence-electron chi connectivity index (χ1n) is 5.88. The van der Waals surface area contributed by atoms with Crippen LogP contribution in [0.1, 0.15) is 24.8 Å². The van der Waals surface area contributed by atoms with Crippen LogP contribution in [0.3, 0.4) is 0 Å². The Morgan fingerprint density at radius 1 is 1.43 bits per heavy atom. The van der Waals surface area contributed by atoms with Crippen molar-refractivity contribution >= 4 is 27.5 Å². The SMILES string of the molecule is O=C(CC1CC1)NS(=O)(=O)c1cnc(Cl)c(C(F)(F)F)c1. The highest BCUT2D eigenvalue weighted by molar-refractivity contribution is 7.90. The largest absolute Gasteiger partial charge is 0.419 e. The number of carbonyl (C=O) groups excluding carboxylic acids is 1. The number of nitrogens with one attached hydrogen (secondary N) is 1. The number of rotatable bonds is 4. The topological polar surface area (TPSA) is 76.1 Å². The van der Waals surface area contributed by atoms with E-state index in [1.807, 2.05) is 0 Å². The van der Waals surface area contributed by atoms with Gasteiger partial charge in [0.2, 0.25) is 5.91 Å². The lowest BCUT2D eigenvalue weighted by Crippen LogP contribution is -2.31. The molecule has 1 amide bonds. The second kappa shape index (κ2) is 5.45. The molecule has 1 aromatic heterocycles. The predicted octanol–water partition coefficient (Wildman–Crippen LogP) is 2.36. The summed E-state index contributed by atoms with van der Waals surface area (Å²) < 4.78 is 63.4. The quantitative estimate of drug-likeness (QED) is 0.852. The fourth-order valence-electron chi connectivity index (χ4n) is 1.61. The summed E-state index contributed by atoms with van der Waals surface area (Å²) in [6, 6.07) is 0.349. The molecule has 0 spiro atoms. The van der Waals surface area contributed by atoms with Crippen LogP contribution in [0.5, 0.6) is 0 Å². The van der Waals surface area contributed by atoms with Crippen LogP contribution in [0.4, 0.5) is 13.2 Å². The average molecular weight is 343 g/mol. The molecule has 1 aliphatic carbocycles. The van der Waals surface area contributed by atoms with Gasteiger partial charge in [-0.05, 0) is 24.8 Å². The summed E-state index contributed by atoms with van der Waals surface area (Å²) in [6.45, 7) is 0. The zero-order valence-electron chi connectivity index (χ0n) is 10.4. The van der Waals surface area contributed by atoms with Crippen molar-refractivity contribution in [2.24, 2.45) is 5.92 Å².